The van der Waals surface area contributed by atoms with Crippen molar-refractivity contribution in [2.45, 2.75) is 65.7 Å². The highest BCUT2D eigenvalue weighted by atomic mass is 14.3. The fourth-order valence-corrected chi connectivity index (χ4v) is 3.56. The van der Waals surface area contributed by atoms with E-state index < -0.39 is 0 Å². The summed E-state index contributed by atoms with van der Waals surface area (Å²) in [5, 5.41) is 0. The van der Waals surface area contributed by atoms with Crippen LogP contribution in [0.25, 0.3) is 0 Å². The smallest absolute Gasteiger partial charge is 0.00993 e. The molecule has 2 atom stereocenters. The van der Waals surface area contributed by atoms with Crippen molar-refractivity contribution in [3.63, 3.8) is 0 Å². The number of rotatable bonds is 4. The summed E-state index contributed by atoms with van der Waals surface area (Å²) in [4.78, 5) is 0. The lowest BCUT2D eigenvalue weighted by atomic mass is 9.74. The standard InChI is InChI=1S/C16H26/c1-4-7-12-8-15-10-13(5-2)14(6-3)11-16(15)9-12/h8,13-14H,4-7,9-11H2,1-3H3. The molecule has 2 rings (SSSR count). The summed E-state index contributed by atoms with van der Waals surface area (Å²) < 4.78 is 0. The Morgan fingerprint density at radius 3 is 2.38 bits per heavy atom. The Morgan fingerprint density at radius 1 is 1.06 bits per heavy atom. The van der Waals surface area contributed by atoms with Crippen LogP contribution in [0.3, 0.4) is 0 Å². The van der Waals surface area contributed by atoms with Gasteiger partial charge >= 0.3 is 0 Å². The fourth-order valence-electron chi connectivity index (χ4n) is 3.56. The number of allylic oxidation sites excluding steroid dienone is 4. The molecule has 0 fully saturated rings. The minimum absolute atomic E-state index is 0.959. The van der Waals surface area contributed by atoms with E-state index in [1.807, 2.05) is 0 Å². The predicted octanol–water partition coefficient (Wildman–Crippen LogP) is 5.26. The van der Waals surface area contributed by atoms with Gasteiger partial charge in [0.05, 0.1) is 0 Å². The predicted molar refractivity (Wildman–Crippen MR) is 71.4 cm³/mol. The first-order chi connectivity index (χ1) is 7.78. The highest BCUT2D eigenvalue weighted by molar-refractivity contribution is 5.41. The van der Waals surface area contributed by atoms with Gasteiger partial charge in [0.2, 0.25) is 0 Å². The molecule has 0 aliphatic heterocycles. The summed E-state index contributed by atoms with van der Waals surface area (Å²) in [5.41, 5.74) is 5.22. The molecular formula is C16H26. The second-order valence-electron chi connectivity index (χ2n) is 5.60. The van der Waals surface area contributed by atoms with Crippen molar-refractivity contribution in [3.05, 3.63) is 22.8 Å². The Hall–Kier alpha value is -0.520. The Kier molecular flexibility index (Phi) is 3.89. The number of hydrogen-bond donors (Lipinski definition) is 0. The molecule has 0 spiro atoms. The lowest BCUT2D eigenvalue weighted by Gasteiger charge is -2.31. The van der Waals surface area contributed by atoms with Crippen LogP contribution in [0.15, 0.2) is 22.8 Å². The summed E-state index contributed by atoms with van der Waals surface area (Å²) in [5.74, 6) is 1.93. The average molecular weight is 218 g/mol. The van der Waals surface area contributed by atoms with Gasteiger partial charge < -0.3 is 0 Å². The van der Waals surface area contributed by atoms with Gasteiger partial charge in [-0.3, -0.25) is 0 Å². The van der Waals surface area contributed by atoms with Crippen molar-refractivity contribution >= 4 is 0 Å². The van der Waals surface area contributed by atoms with Crippen LogP contribution >= 0.6 is 0 Å². The Balaban J connectivity index is 2.06. The molecule has 0 heterocycles. The van der Waals surface area contributed by atoms with E-state index in [0.29, 0.717) is 0 Å². The molecule has 0 saturated carbocycles. The van der Waals surface area contributed by atoms with Crippen LogP contribution in [0.2, 0.25) is 0 Å². The van der Waals surface area contributed by atoms with Crippen LogP contribution in [0.4, 0.5) is 0 Å². The lowest BCUT2D eigenvalue weighted by molar-refractivity contribution is 0.292. The molecule has 0 aromatic rings. The minimum Gasteiger partial charge on any atom is -0.0659 e. The van der Waals surface area contributed by atoms with E-state index in [9.17, 15) is 0 Å². The first-order valence-corrected chi connectivity index (χ1v) is 7.18. The van der Waals surface area contributed by atoms with E-state index in [2.05, 4.69) is 26.8 Å². The quantitative estimate of drug-likeness (QED) is 0.604. The molecule has 2 aliphatic rings. The maximum absolute atomic E-state index is 2.54. The van der Waals surface area contributed by atoms with E-state index in [1.54, 1.807) is 16.7 Å². The summed E-state index contributed by atoms with van der Waals surface area (Å²) >= 11 is 0. The molecule has 0 radical (unpaired) electrons. The third-order valence-electron chi connectivity index (χ3n) is 4.55. The van der Waals surface area contributed by atoms with Gasteiger partial charge in [-0.05, 0) is 43.1 Å². The van der Waals surface area contributed by atoms with Crippen molar-refractivity contribution in [2.24, 2.45) is 11.8 Å². The average Bonchev–Trinajstić information content (AvgIpc) is 2.68. The van der Waals surface area contributed by atoms with E-state index in [-0.39, 0.29) is 0 Å². The van der Waals surface area contributed by atoms with E-state index in [0.717, 1.165) is 11.8 Å². The lowest BCUT2D eigenvalue weighted by Crippen LogP contribution is -2.19. The molecule has 0 N–H and O–H groups in total. The van der Waals surface area contributed by atoms with E-state index >= 15 is 0 Å². The second-order valence-corrected chi connectivity index (χ2v) is 5.60. The summed E-state index contributed by atoms with van der Waals surface area (Å²) in [6, 6.07) is 0. The van der Waals surface area contributed by atoms with Gasteiger partial charge in [-0.2, -0.15) is 0 Å². The molecule has 90 valence electrons. The summed E-state index contributed by atoms with van der Waals surface area (Å²) in [7, 11) is 0. The molecule has 2 unspecified atom stereocenters. The maximum atomic E-state index is 2.54. The van der Waals surface area contributed by atoms with Crippen molar-refractivity contribution < 1.29 is 0 Å². The zero-order valence-corrected chi connectivity index (χ0v) is 11.2. The summed E-state index contributed by atoms with van der Waals surface area (Å²) in [6.07, 6.45) is 12.0. The zero-order chi connectivity index (χ0) is 11.5. The highest BCUT2D eigenvalue weighted by Gasteiger charge is 2.29. The van der Waals surface area contributed by atoms with Crippen molar-refractivity contribution in [2.75, 3.05) is 0 Å². The molecule has 0 nitrogen and oxygen atoms in total. The van der Waals surface area contributed by atoms with Gasteiger partial charge in [0.25, 0.3) is 0 Å². The highest BCUT2D eigenvalue weighted by Crippen LogP contribution is 2.44. The molecular weight excluding hydrogens is 192 g/mol. The van der Waals surface area contributed by atoms with Gasteiger partial charge in [-0.15, -0.1) is 0 Å². The van der Waals surface area contributed by atoms with Gasteiger partial charge in [-0.25, -0.2) is 0 Å². The SMILES string of the molecule is CCCC1=CC2=C(C1)CC(CC)C(CC)C2. The first kappa shape index (κ1) is 12.0. The zero-order valence-electron chi connectivity index (χ0n) is 11.2. The van der Waals surface area contributed by atoms with Crippen molar-refractivity contribution in [1.29, 1.82) is 0 Å². The van der Waals surface area contributed by atoms with Crippen LogP contribution in [-0.2, 0) is 0 Å². The monoisotopic (exact) mass is 218 g/mol. The fraction of sp³-hybridized carbons (Fsp3) is 0.750. The third-order valence-corrected chi connectivity index (χ3v) is 4.55. The van der Waals surface area contributed by atoms with Gasteiger partial charge in [0.15, 0.2) is 0 Å². The van der Waals surface area contributed by atoms with E-state index in [1.165, 1.54) is 44.9 Å². The third kappa shape index (κ3) is 2.26. The van der Waals surface area contributed by atoms with Crippen LogP contribution < -0.4 is 0 Å². The van der Waals surface area contributed by atoms with Crippen molar-refractivity contribution in [3.8, 4) is 0 Å². The minimum atomic E-state index is 0.959. The Labute approximate surface area is 101 Å². The molecule has 0 saturated heterocycles. The first-order valence-electron chi connectivity index (χ1n) is 7.18. The van der Waals surface area contributed by atoms with Crippen LogP contribution in [0.1, 0.15) is 65.7 Å². The Morgan fingerprint density at radius 2 is 1.75 bits per heavy atom. The maximum Gasteiger partial charge on any atom is -0.00993 e. The Bertz CT molecular complexity index is 306. The van der Waals surface area contributed by atoms with Crippen molar-refractivity contribution in [1.82, 2.24) is 0 Å². The molecule has 0 heteroatoms. The van der Waals surface area contributed by atoms with E-state index in [4.69, 9.17) is 0 Å². The molecule has 0 amide bonds. The summed E-state index contributed by atoms with van der Waals surface area (Å²) in [6.45, 7) is 7.03. The molecule has 16 heavy (non-hydrogen) atoms. The molecule has 0 aromatic heterocycles. The normalized spacial score (nSPS) is 29.3. The second kappa shape index (κ2) is 5.21. The van der Waals surface area contributed by atoms with Crippen LogP contribution in [-0.4, -0.2) is 0 Å². The molecule has 0 bridgehead atoms. The topological polar surface area (TPSA) is 0 Å². The molecule has 2 aliphatic carbocycles. The molecule has 0 aromatic carbocycles. The number of hydrogen-bond acceptors (Lipinski definition) is 0. The van der Waals surface area contributed by atoms with Crippen LogP contribution in [0, 0.1) is 11.8 Å². The van der Waals surface area contributed by atoms with Gasteiger partial charge in [0, 0.05) is 0 Å². The largest absolute Gasteiger partial charge is 0.0659 e. The van der Waals surface area contributed by atoms with Crippen LogP contribution in [0.5, 0.6) is 0 Å². The van der Waals surface area contributed by atoms with Gasteiger partial charge in [0.1, 0.15) is 0 Å². The van der Waals surface area contributed by atoms with Gasteiger partial charge in [-0.1, -0.05) is 57.3 Å².